The van der Waals surface area contributed by atoms with E-state index in [1.807, 2.05) is 18.2 Å². The second-order valence-electron chi connectivity index (χ2n) is 7.05. The SMILES string of the molecule is CN1CCCCC1COc1ccc(-c2cccc(N)n2)c2ccccc12. The highest BCUT2D eigenvalue weighted by molar-refractivity contribution is 5.99. The Bertz CT molecular complexity index is 909. The summed E-state index contributed by atoms with van der Waals surface area (Å²) in [7, 11) is 2.19. The number of anilines is 1. The summed E-state index contributed by atoms with van der Waals surface area (Å²) >= 11 is 0. The van der Waals surface area contributed by atoms with Crippen LogP contribution in [0.1, 0.15) is 19.3 Å². The Hall–Kier alpha value is -2.59. The van der Waals surface area contributed by atoms with E-state index in [1.54, 1.807) is 0 Å². The fourth-order valence-electron chi connectivity index (χ4n) is 3.76. The van der Waals surface area contributed by atoms with E-state index in [0.29, 0.717) is 11.9 Å². The molecule has 1 aromatic heterocycles. The summed E-state index contributed by atoms with van der Waals surface area (Å²) in [5.74, 6) is 1.47. The number of pyridine rings is 1. The Morgan fingerprint density at radius 2 is 1.88 bits per heavy atom. The van der Waals surface area contributed by atoms with Gasteiger partial charge in [0.05, 0.1) is 5.69 Å². The number of rotatable bonds is 4. The van der Waals surface area contributed by atoms with Crippen LogP contribution < -0.4 is 10.5 Å². The monoisotopic (exact) mass is 347 g/mol. The number of benzene rings is 2. The van der Waals surface area contributed by atoms with E-state index in [1.165, 1.54) is 19.3 Å². The third-order valence-electron chi connectivity index (χ3n) is 5.28. The maximum atomic E-state index is 6.26. The number of nitrogens with zero attached hydrogens (tertiary/aromatic N) is 2. The largest absolute Gasteiger partial charge is 0.491 e. The number of fused-ring (bicyclic) bond motifs is 1. The maximum Gasteiger partial charge on any atom is 0.127 e. The number of likely N-dealkylation sites (tertiary alicyclic amines) is 1. The van der Waals surface area contributed by atoms with Crippen LogP contribution in [0.4, 0.5) is 5.82 Å². The molecule has 4 rings (SSSR count). The standard InChI is InChI=1S/C22H25N3O/c1-25-14-5-4-7-16(25)15-26-21-13-12-18(17-8-2-3-9-19(17)21)20-10-6-11-22(23)24-20/h2-3,6,8-13,16H,4-5,7,14-15H2,1H3,(H2,23,24). The van der Waals surface area contributed by atoms with Gasteiger partial charge < -0.3 is 15.4 Å². The number of piperidine rings is 1. The van der Waals surface area contributed by atoms with Gasteiger partial charge in [0, 0.05) is 17.0 Å². The molecule has 134 valence electrons. The molecule has 1 fully saturated rings. The average Bonchev–Trinajstić information content (AvgIpc) is 2.67. The van der Waals surface area contributed by atoms with E-state index in [2.05, 4.69) is 53.3 Å². The first-order valence-corrected chi connectivity index (χ1v) is 9.30. The molecule has 1 aliphatic heterocycles. The molecule has 26 heavy (non-hydrogen) atoms. The van der Waals surface area contributed by atoms with Gasteiger partial charge in [-0.1, -0.05) is 36.8 Å². The van der Waals surface area contributed by atoms with E-state index < -0.39 is 0 Å². The van der Waals surface area contributed by atoms with E-state index in [-0.39, 0.29) is 0 Å². The summed E-state index contributed by atoms with van der Waals surface area (Å²) < 4.78 is 6.26. The molecule has 0 radical (unpaired) electrons. The predicted molar refractivity (Wildman–Crippen MR) is 107 cm³/mol. The van der Waals surface area contributed by atoms with E-state index >= 15 is 0 Å². The van der Waals surface area contributed by atoms with Crippen molar-refractivity contribution in [3.8, 4) is 17.0 Å². The molecule has 0 bridgehead atoms. The van der Waals surface area contributed by atoms with Gasteiger partial charge in [0.2, 0.25) is 0 Å². The summed E-state index contributed by atoms with van der Waals surface area (Å²) in [6, 6.07) is 18.7. The van der Waals surface area contributed by atoms with Crippen LogP contribution in [0.3, 0.4) is 0 Å². The van der Waals surface area contributed by atoms with Gasteiger partial charge in [0.15, 0.2) is 0 Å². The minimum Gasteiger partial charge on any atom is -0.491 e. The first-order chi connectivity index (χ1) is 12.7. The lowest BCUT2D eigenvalue weighted by atomic mass is 10.0. The van der Waals surface area contributed by atoms with Crippen molar-refractivity contribution in [1.29, 1.82) is 0 Å². The molecule has 2 heterocycles. The fraction of sp³-hybridized carbons (Fsp3) is 0.318. The van der Waals surface area contributed by atoms with Gasteiger partial charge in [-0.15, -0.1) is 0 Å². The van der Waals surface area contributed by atoms with E-state index in [4.69, 9.17) is 10.5 Å². The predicted octanol–water partition coefficient (Wildman–Crippen LogP) is 4.35. The lowest BCUT2D eigenvalue weighted by Gasteiger charge is -2.32. The summed E-state index contributed by atoms with van der Waals surface area (Å²) in [6.07, 6.45) is 3.79. The quantitative estimate of drug-likeness (QED) is 0.762. The number of nitrogen functional groups attached to an aromatic ring is 1. The molecule has 0 aliphatic carbocycles. The molecule has 0 amide bonds. The molecule has 2 N–H and O–H groups in total. The summed E-state index contributed by atoms with van der Waals surface area (Å²) in [6.45, 7) is 1.89. The molecule has 1 unspecified atom stereocenters. The molecule has 0 spiro atoms. The minimum absolute atomic E-state index is 0.498. The molecule has 4 nitrogen and oxygen atoms in total. The van der Waals surface area contributed by atoms with Gasteiger partial charge in [-0.05, 0) is 56.1 Å². The Balaban J connectivity index is 1.66. The van der Waals surface area contributed by atoms with Gasteiger partial charge >= 0.3 is 0 Å². The topological polar surface area (TPSA) is 51.4 Å². The zero-order valence-corrected chi connectivity index (χ0v) is 15.2. The highest BCUT2D eigenvalue weighted by Crippen LogP contribution is 2.34. The van der Waals surface area contributed by atoms with Crippen LogP contribution in [-0.4, -0.2) is 36.1 Å². The number of likely N-dealkylation sites (N-methyl/N-ethyl adjacent to an activating group) is 1. The summed E-state index contributed by atoms with van der Waals surface area (Å²) in [4.78, 5) is 6.90. The highest BCUT2D eigenvalue weighted by Gasteiger charge is 2.20. The van der Waals surface area contributed by atoms with Gasteiger partial charge in [-0.25, -0.2) is 4.98 Å². The second kappa shape index (κ2) is 7.34. The number of nitrogens with two attached hydrogens (primary N) is 1. The van der Waals surface area contributed by atoms with Crippen molar-refractivity contribution in [2.24, 2.45) is 0 Å². The number of ether oxygens (including phenoxy) is 1. The van der Waals surface area contributed by atoms with Gasteiger partial charge in [0.25, 0.3) is 0 Å². The van der Waals surface area contributed by atoms with E-state index in [0.717, 1.165) is 40.9 Å². The van der Waals surface area contributed by atoms with Crippen molar-refractivity contribution in [1.82, 2.24) is 9.88 Å². The summed E-state index contributed by atoms with van der Waals surface area (Å²) in [5.41, 5.74) is 7.84. The zero-order chi connectivity index (χ0) is 17.9. The first-order valence-electron chi connectivity index (χ1n) is 9.30. The number of hydrogen-bond acceptors (Lipinski definition) is 4. The number of hydrogen-bond donors (Lipinski definition) is 1. The normalized spacial score (nSPS) is 18.1. The maximum absolute atomic E-state index is 6.26. The molecular weight excluding hydrogens is 322 g/mol. The Morgan fingerprint density at radius 3 is 2.69 bits per heavy atom. The Kier molecular flexibility index (Phi) is 4.76. The highest BCUT2D eigenvalue weighted by atomic mass is 16.5. The van der Waals surface area contributed by atoms with Crippen molar-refractivity contribution in [3.05, 3.63) is 54.6 Å². The third-order valence-corrected chi connectivity index (χ3v) is 5.28. The molecular formula is C22H25N3O. The van der Waals surface area contributed by atoms with Crippen LogP contribution in [0.15, 0.2) is 54.6 Å². The zero-order valence-electron chi connectivity index (χ0n) is 15.2. The average molecular weight is 347 g/mol. The van der Waals surface area contributed by atoms with Crippen molar-refractivity contribution in [2.45, 2.75) is 25.3 Å². The van der Waals surface area contributed by atoms with Crippen LogP contribution in [0, 0.1) is 0 Å². The second-order valence-corrected chi connectivity index (χ2v) is 7.05. The van der Waals surface area contributed by atoms with Crippen molar-refractivity contribution >= 4 is 16.6 Å². The van der Waals surface area contributed by atoms with Crippen molar-refractivity contribution < 1.29 is 4.74 Å². The third kappa shape index (κ3) is 3.37. The van der Waals surface area contributed by atoms with Crippen LogP contribution in [0.25, 0.3) is 22.0 Å². The first kappa shape index (κ1) is 16.9. The lowest BCUT2D eigenvalue weighted by Crippen LogP contribution is -2.40. The Morgan fingerprint density at radius 1 is 1.04 bits per heavy atom. The smallest absolute Gasteiger partial charge is 0.127 e. The van der Waals surface area contributed by atoms with Crippen LogP contribution in [0.2, 0.25) is 0 Å². The van der Waals surface area contributed by atoms with Crippen molar-refractivity contribution in [3.63, 3.8) is 0 Å². The van der Waals surface area contributed by atoms with Crippen molar-refractivity contribution in [2.75, 3.05) is 25.9 Å². The van der Waals surface area contributed by atoms with Crippen LogP contribution in [-0.2, 0) is 0 Å². The van der Waals surface area contributed by atoms with E-state index in [9.17, 15) is 0 Å². The lowest BCUT2D eigenvalue weighted by molar-refractivity contribution is 0.126. The summed E-state index contributed by atoms with van der Waals surface area (Å²) in [5, 5.41) is 2.26. The van der Waals surface area contributed by atoms with Gasteiger partial charge in [0.1, 0.15) is 18.2 Å². The fourth-order valence-corrected chi connectivity index (χ4v) is 3.76. The minimum atomic E-state index is 0.498. The van der Waals surface area contributed by atoms with Gasteiger partial charge in [-0.3, -0.25) is 0 Å². The molecule has 1 atom stereocenters. The molecule has 0 saturated carbocycles. The Labute approximate surface area is 154 Å². The molecule has 1 saturated heterocycles. The molecule has 1 aliphatic rings. The van der Waals surface area contributed by atoms with Crippen LogP contribution >= 0.6 is 0 Å². The van der Waals surface area contributed by atoms with Crippen LogP contribution in [0.5, 0.6) is 5.75 Å². The van der Waals surface area contributed by atoms with Gasteiger partial charge in [-0.2, -0.15) is 0 Å². The molecule has 3 aromatic rings. The molecule has 4 heteroatoms. The molecule has 2 aromatic carbocycles. The number of aromatic nitrogens is 1.